The van der Waals surface area contributed by atoms with E-state index < -0.39 is 12.2 Å². The first kappa shape index (κ1) is 12.1. The zero-order valence-electron chi connectivity index (χ0n) is 10.4. The maximum atomic E-state index is 9.71. The fourth-order valence-corrected chi connectivity index (χ4v) is 3.07. The number of rotatable bonds is 1. The Morgan fingerprint density at radius 2 is 1.83 bits per heavy atom. The summed E-state index contributed by atoms with van der Waals surface area (Å²) >= 11 is 0. The lowest BCUT2D eigenvalue weighted by molar-refractivity contribution is 0.0572. The highest BCUT2D eigenvalue weighted by Crippen LogP contribution is 2.31. The second-order valence-electron chi connectivity index (χ2n) is 5.27. The number of likely N-dealkylation sites (tertiary alicyclic amines) is 1. The van der Waals surface area contributed by atoms with Crippen LogP contribution in [0.15, 0.2) is 24.3 Å². The summed E-state index contributed by atoms with van der Waals surface area (Å²) in [6, 6.07) is 8.77. The van der Waals surface area contributed by atoms with E-state index in [-0.39, 0.29) is 0 Å². The highest BCUT2D eigenvalue weighted by atomic mass is 16.3. The summed E-state index contributed by atoms with van der Waals surface area (Å²) in [6.45, 7) is 3.02. The van der Waals surface area contributed by atoms with Crippen molar-refractivity contribution < 1.29 is 10.2 Å². The van der Waals surface area contributed by atoms with Gasteiger partial charge >= 0.3 is 0 Å². The van der Waals surface area contributed by atoms with Gasteiger partial charge < -0.3 is 15.5 Å². The highest BCUT2D eigenvalue weighted by Gasteiger charge is 2.35. The molecule has 0 aromatic heterocycles. The molecule has 0 radical (unpaired) electrons. The van der Waals surface area contributed by atoms with Gasteiger partial charge in [0.2, 0.25) is 0 Å². The number of aliphatic hydroxyl groups excluding tert-OH is 2. The largest absolute Gasteiger partial charge is 0.389 e. The molecule has 4 heteroatoms. The first-order valence-corrected chi connectivity index (χ1v) is 6.64. The van der Waals surface area contributed by atoms with E-state index in [4.69, 9.17) is 0 Å². The number of hydrogen-bond acceptors (Lipinski definition) is 4. The topological polar surface area (TPSA) is 55.7 Å². The predicted molar refractivity (Wildman–Crippen MR) is 69.1 cm³/mol. The Hall–Kier alpha value is -0.940. The molecule has 3 atom stereocenters. The van der Waals surface area contributed by atoms with Gasteiger partial charge in [-0.3, -0.25) is 4.90 Å². The van der Waals surface area contributed by atoms with Crippen molar-refractivity contribution in [2.75, 3.05) is 19.6 Å². The van der Waals surface area contributed by atoms with Crippen molar-refractivity contribution in [2.24, 2.45) is 0 Å². The molecule has 2 heterocycles. The smallest absolute Gasteiger partial charge is 0.0938 e. The maximum absolute atomic E-state index is 9.71. The normalized spacial score (nSPS) is 33.1. The van der Waals surface area contributed by atoms with Gasteiger partial charge in [0, 0.05) is 25.7 Å². The first-order valence-electron chi connectivity index (χ1n) is 6.64. The van der Waals surface area contributed by atoms with Crippen LogP contribution in [0.3, 0.4) is 0 Å². The number of nitrogens with one attached hydrogen (secondary N) is 1. The Morgan fingerprint density at radius 1 is 1.11 bits per heavy atom. The number of aliphatic hydroxyl groups is 2. The van der Waals surface area contributed by atoms with Crippen LogP contribution < -0.4 is 5.32 Å². The van der Waals surface area contributed by atoms with E-state index in [0.29, 0.717) is 19.1 Å². The Kier molecular flexibility index (Phi) is 3.35. The predicted octanol–water partition coefficient (Wildman–Crippen LogP) is 0.258. The fraction of sp³-hybridized carbons (Fsp3) is 0.571. The standard InChI is InChI=1S/C14H20N2O2/c17-13-8-16(9-14(13)18)12-5-6-15-7-10-3-1-2-4-11(10)12/h1-4,12-15,17-18H,5-9H2. The zero-order chi connectivity index (χ0) is 12.5. The third-order valence-electron chi connectivity index (χ3n) is 4.05. The quantitative estimate of drug-likeness (QED) is 0.667. The van der Waals surface area contributed by atoms with Gasteiger partial charge in [0.1, 0.15) is 0 Å². The van der Waals surface area contributed by atoms with Crippen LogP contribution >= 0.6 is 0 Å². The fourth-order valence-electron chi connectivity index (χ4n) is 3.07. The Labute approximate surface area is 107 Å². The lowest BCUT2D eigenvalue weighted by Gasteiger charge is -2.27. The second-order valence-corrected chi connectivity index (χ2v) is 5.27. The third-order valence-corrected chi connectivity index (χ3v) is 4.05. The molecule has 1 fully saturated rings. The molecule has 1 aromatic rings. The molecular weight excluding hydrogens is 228 g/mol. The number of β-amino-alcohol motifs (C(OH)–C–C–N with tert-alkyl or cyclic N) is 2. The van der Waals surface area contributed by atoms with E-state index >= 15 is 0 Å². The summed E-state index contributed by atoms with van der Waals surface area (Å²) in [5, 5.41) is 22.8. The molecule has 1 saturated heterocycles. The molecule has 2 aliphatic rings. The van der Waals surface area contributed by atoms with Crippen molar-refractivity contribution in [1.82, 2.24) is 10.2 Å². The molecular formula is C14H20N2O2. The summed E-state index contributed by atoms with van der Waals surface area (Å²) in [5.41, 5.74) is 2.67. The Balaban J connectivity index is 1.88. The van der Waals surface area contributed by atoms with Gasteiger partial charge in [-0.05, 0) is 24.1 Å². The van der Waals surface area contributed by atoms with Crippen LogP contribution in [0.4, 0.5) is 0 Å². The minimum absolute atomic E-state index is 0.308. The van der Waals surface area contributed by atoms with E-state index in [0.717, 1.165) is 19.5 Å². The molecule has 98 valence electrons. The molecule has 0 saturated carbocycles. The van der Waals surface area contributed by atoms with Gasteiger partial charge in [-0.15, -0.1) is 0 Å². The van der Waals surface area contributed by atoms with Crippen LogP contribution in [0, 0.1) is 0 Å². The van der Waals surface area contributed by atoms with E-state index in [2.05, 4.69) is 34.5 Å². The van der Waals surface area contributed by atoms with Crippen molar-refractivity contribution in [2.45, 2.75) is 31.2 Å². The minimum Gasteiger partial charge on any atom is -0.389 e. The van der Waals surface area contributed by atoms with E-state index in [9.17, 15) is 10.2 Å². The van der Waals surface area contributed by atoms with E-state index in [1.54, 1.807) is 0 Å². The van der Waals surface area contributed by atoms with Crippen LogP contribution in [0.1, 0.15) is 23.6 Å². The van der Waals surface area contributed by atoms with Crippen LogP contribution in [0.25, 0.3) is 0 Å². The summed E-state index contributed by atoms with van der Waals surface area (Å²) in [5.74, 6) is 0. The molecule has 3 unspecified atom stereocenters. The molecule has 3 rings (SSSR count). The highest BCUT2D eigenvalue weighted by molar-refractivity contribution is 5.31. The summed E-state index contributed by atoms with van der Waals surface area (Å²) in [4.78, 5) is 2.21. The Morgan fingerprint density at radius 3 is 2.61 bits per heavy atom. The van der Waals surface area contributed by atoms with Gasteiger partial charge in [-0.25, -0.2) is 0 Å². The molecule has 3 N–H and O–H groups in total. The average Bonchev–Trinajstić information content (AvgIpc) is 2.62. The van der Waals surface area contributed by atoms with Crippen LogP contribution in [0.2, 0.25) is 0 Å². The van der Waals surface area contributed by atoms with E-state index in [1.165, 1.54) is 11.1 Å². The molecule has 18 heavy (non-hydrogen) atoms. The lowest BCUT2D eigenvalue weighted by atomic mass is 9.98. The van der Waals surface area contributed by atoms with Crippen LogP contribution in [-0.4, -0.2) is 47.0 Å². The van der Waals surface area contributed by atoms with Gasteiger partial charge in [-0.1, -0.05) is 24.3 Å². The number of fused-ring (bicyclic) bond motifs is 1. The molecule has 0 spiro atoms. The monoisotopic (exact) mass is 248 g/mol. The van der Waals surface area contributed by atoms with Crippen molar-refractivity contribution >= 4 is 0 Å². The molecule has 0 aliphatic carbocycles. The van der Waals surface area contributed by atoms with Crippen molar-refractivity contribution in [1.29, 1.82) is 0 Å². The third kappa shape index (κ3) is 2.17. The molecule has 4 nitrogen and oxygen atoms in total. The van der Waals surface area contributed by atoms with Gasteiger partial charge in [0.25, 0.3) is 0 Å². The number of benzene rings is 1. The first-order chi connectivity index (χ1) is 8.75. The van der Waals surface area contributed by atoms with Gasteiger partial charge in [0.15, 0.2) is 0 Å². The van der Waals surface area contributed by atoms with Gasteiger partial charge in [-0.2, -0.15) is 0 Å². The van der Waals surface area contributed by atoms with Crippen molar-refractivity contribution in [3.63, 3.8) is 0 Å². The molecule has 0 bridgehead atoms. The number of hydrogen-bond donors (Lipinski definition) is 3. The van der Waals surface area contributed by atoms with Crippen molar-refractivity contribution in [3.8, 4) is 0 Å². The molecule has 0 amide bonds. The summed E-state index contributed by atoms with van der Waals surface area (Å²) in [6.07, 6.45) is -0.182. The molecule has 1 aromatic carbocycles. The second kappa shape index (κ2) is 4.97. The number of nitrogens with zero attached hydrogens (tertiary/aromatic N) is 1. The zero-order valence-corrected chi connectivity index (χ0v) is 10.4. The average molecular weight is 248 g/mol. The van der Waals surface area contributed by atoms with Crippen molar-refractivity contribution in [3.05, 3.63) is 35.4 Å². The minimum atomic E-state index is -0.603. The Bertz CT molecular complexity index is 414. The summed E-state index contributed by atoms with van der Waals surface area (Å²) < 4.78 is 0. The SMILES string of the molecule is OC1CN(C2CCNCc3ccccc32)CC1O. The lowest BCUT2D eigenvalue weighted by Crippen LogP contribution is -2.29. The van der Waals surface area contributed by atoms with Crippen LogP contribution in [-0.2, 0) is 6.54 Å². The van der Waals surface area contributed by atoms with Gasteiger partial charge in [0.05, 0.1) is 12.2 Å². The van der Waals surface area contributed by atoms with E-state index in [1.807, 2.05) is 0 Å². The molecule has 2 aliphatic heterocycles. The summed E-state index contributed by atoms with van der Waals surface area (Å²) in [7, 11) is 0. The maximum Gasteiger partial charge on any atom is 0.0938 e. The van der Waals surface area contributed by atoms with Crippen LogP contribution in [0.5, 0.6) is 0 Å².